The Hall–Kier alpha value is -8.72. The molecule has 0 saturated heterocycles. The fourth-order valence-electron chi connectivity index (χ4n) is 11.5. The van der Waals surface area contributed by atoms with Gasteiger partial charge in [0.2, 0.25) is 0 Å². The van der Waals surface area contributed by atoms with Crippen molar-refractivity contribution in [2.45, 2.75) is 5.41 Å². The van der Waals surface area contributed by atoms with Gasteiger partial charge in [-0.3, -0.25) is 0 Å². The molecule has 0 bridgehead atoms. The van der Waals surface area contributed by atoms with Crippen LogP contribution in [0.5, 0.6) is 0 Å². The molecular formula is C65H41NO. The molecule has 1 heterocycles. The fraction of sp³-hybridized carbons (Fsp3) is 0.0154. The zero-order chi connectivity index (χ0) is 44.1. The van der Waals surface area contributed by atoms with Crippen molar-refractivity contribution in [2.75, 3.05) is 4.90 Å². The zero-order valence-electron chi connectivity index (χ0n) is 36.5. The average molecular weight is 852 g/mol. The summed E-state index contributed by atoms with van der Waals surface area (Å²) in [5.74, 6) is 0. The van der Waals surface area contributed by atoms with E-state index in [4.69, 9.17) is 4.42 Å². The average Bonchev–Trinajstić information content (AvgIpc) is 4.02. The minimum atomic E-state index is -0.551. The van der Waals surface area contributed by atoms with Gasteiger partial charge in [-0.1, -0.05) is 188 Å². The quantitative estimate of drug-likeness (QED) is 0.166. The molecule has 2 aliphatic rings. The number of rotatable bonds is 6. The highest BCUT2D eigenvalue weighted by Gasteiger charge is 2.52. The van der Waals surface area contributed by atoms with Crippen molar-refractivity contribution in [2.24, 2.45) is 0 Å². The van der Waals surface area contributed by atoms with Crippen LogP contribution in [0.3, 0.4) is 0 Å². The lowest BCUT2D eigenvalue weighted by atomic mass is 9.70. The molecule has 0 amide bonds. The lowest BCUT2D eigenvalue weighted by molar-refractivity contribution is 0.669. The van der Waals surface area contributed by atoms with Gasteiger partial charge in [0.25, 0.3) is 0 Å². The minimum absolute atomic E-state index is 0.551. The molecular weight excluding hydrogens is 811 g/mol. The smallest absolute Gasteiger partial charge is 0.135 e. The van der Waals surface area contributed by atoms with Crippen LogP contribution in [0.1, 0.15) is 22.3 Å². The Morgan fingerprint density at radius 2 is 0.776 bits per heavy atom. The molecule has 312 valence electrons. The molecule has 1 aromatic heterocycles. The highest BCUT2D eigenvalue weighted by atomic mass is 16.3. The summed E-state index contributed by atoms with van der Waals surface area (Å²) in [5, 5.41) is 4.72. The molecule has 0 saturated carbocycles. The van der Waals surface area contributed by atoms with Crippen LogP contribution < -0.4 is 4.90 Å². The van der Waals surface area contributed by atoms with Gasteiger partial charge in [-0.2, -0.15) is 0 Å². The Bertz CT molecular complexity index is 3880. The van der Waals surface area contributed by atoms with Gasteiger partial charge in [-0.15, -0.1) is 0 Å². The maximum Gasteiger partial charge on any atom is 0.135 e. The SMILES string of the molecule is c1ccc(-c2ccc(N(c3ccc4c(c3)C3(c5ccccc5-c5ccccc53)c3cc(-c5cccc(-c6cccc7ccccc67)c5)ccc3-4)c3ccc4oc5ccccc5c4c3)cc2)cc1. The van der Waals surface area contributed by atoms with Crippen LogP contribution >= 0.6 is 0 Å². The number of hydrogen-bond donors (Lipinski definition) is 0. The van der Waals surface area contributed by atoms with Crippen molar-refractivity contribution in [1.29, 1.82) is 0 Å². The number of furan rings is 1. The predicted octanol–water partition coefficient (Wildman–Crippen LogP) is 17.6. The molecule has 14 rings (SSSR count). The summed E-state index contributed by atoms with van der Waals surface area (Å²) in [5.41, 5.74) is 22.1. The first kappa shape index (κ1) is 37.6. The number of benzene rings is 11. The third kappa shape index (κ3) is 5.63. The summed E-state index contributed by atoms with van der Waals surface area (Å²) >= 11 is 0. The molecule has 2 aliphatic carbocycles. The number of hydrogen-bond acceptors (Lipinski definition) is 2. The summed E-state index contributed by atoms with van der Waals surface area (Å²) in [4.78, 5) is 2.42. The highest BCUT2D eigenvalue weighted by molar-refractivity contribution is 6.07. The summed E-state index contributed by atoms with van der Waals surface area (Å²) < 4.78 is 6.36. The van der Waals surface area contributed by atoms with Crippen LogP contribution in [-0.4, -0.2) is 0 Å². The van der Waals surface area contributed by atoms with Gasteiger partial charge in [0, 0.05) is 27.8 Å². The molecule has 0 unspecified atom stereocenters. The zero-order valence-corrected chi connectivity index (χ0v) is 36.5. The van der Waals surface area contributed by atoms with Gasteiger partial charge >= 0.3 is 0 Å². The normalized spacial score (nSPS) is 12.9. The van der Waals surface area contributed by atoms with Crippen molar-refractivity contribution in [3.63, 3.8) is 0 Å². The van der Waals surface area contributed by atoms with Crippen molar-refractivity contribution in [3.05, 3.63) is 271 Å². The molecule has 0 N–H and O–H groups in total. The molecule has 0 radical (unpaired) electrons. The van der Waals surface area contributed by atoms with Crippen molar-refractivity contribution in [1.82, 2.24) is 0 Å². The van der Waals surface area contributed by atoms with Gasteiger partial charge in [0.05, 0.1) is 5.41 Å². The van der Waals surface area contributed by atoms with E-state index in [1.807, 2.05) is 6.07 Å². The maximum absolute atomic E-state index is 6.36. The van der Waals surface area contributed by atoms with E-state index in [2.05, 4.69) is 248 Å². The molecule has 0 atom stereocenters. The van der Waals surface area contributed by atoms with Crippen LogP contribution in [0.2, 0.25) is 0 Å². The van der Waals surface area contributed by atoms with E-state index in [1.165, 1.54) is 88.7 Å². The van der Waals surface area contributed by atoms with Crippen molar-refractivity contribution >= 4 is 49.8 Å². The Labute approximate surface area is 389 Å². The molecule has 0 fully saturated rings. The number of fused-ring (bicyclic) bond motifs is 14. The number of anilines is 3. The standard InChI is InChI=1S/C65H41NO/c1-2-14-42(15-3-1)43-28-31-48(32-29-43)66(49-34-37-64-58(40-49)57-23-8-11-27-63(57)67-64)50-33-36-56-55-35-30-46(45-18-12-19-47(38-45)52-24-13-17-44-16-4-5-20-51(44)52)39-61(55)65(62(56)41-50)59-25-9-6-21-53(59)54-22-7-10-26-60(54)65/h1-41H. The van der Waals surface area contributed by atoms with Gasteiger partial charge in [-0.25, -0.2) is 0 Å². The Balaban J connectivity index is 0.982. The van der Waals surface area contributed by atoms with Crippen LogP contribution in [0.25, 0.3) is 88.3 Å². The van der Waals surface area contributed by atoms with Crippen molar-refractivity contribution < 1.29 is 4.42 Å². The van der Waals surface area contributed by atoms with Gasteiger partial charge in [0.1, 0.15) is 11.2 Å². The van der Waals surface area contributed by atoms with E-state index in [1.54, 1.807) is 0 Å². The number of nitrogens with zero attached hydrogens (tertiary/aromatic N) is 1. The van der Waals surface area contributed by atoms with Crippen LogP contribution in [-0.2, 0) is 5.41 Å². The third-order valence-corrected chi connectivity index (χ3v) is 14.5. The predicted molar refractivity (Wildman–Crippen MR) is 279 cm³/mol. The molecule has 2 nitrogen and oxygen atoms in total. The van der Waals surface area contributed by atoms with E-state index in [0.29, 0.717) is 0 Å². The van der Waals surface area contributed by atoms with E-state index >= 15 is 0 Å². The van der Waals surface area contributed by atoms with Gasteiger partial charge < -0.3 is 9.32 Å². The molecule has 67 heavy (non-hydrogen) atoms. The topological polar surface area (TPSA) is 16.4 Å². The largest absolute Gasteiger partial charge is 0.456 e. The lowest BCUT2D eigenvalue weighted by Gasteiger charge is -2.32. The van der Waals surface area contributed by atoms with E-state index in [-0.39, 0.29) is 0 Å². The highest BCUT2D eigenvalue weighted by Crippen LogP contribution is 2.64. The van der Waals surface area contributed by atoms with E-state index < -0.39 is 5.41 Å². The number of para-hydroxylation sites is 1. The first-order chi connectivity index (χ1) is 33.2. The van der Waals surface area contributed by atoms with E-state index in [0.717, 1.165) is 39.0 Å². The van der Waals surface area contributed by atoms with Crippen LogP contribution in [0.4, 0.5) is 17.1 Å². The monoisotopic (exact) mass is 851 g/mol. The molecule has 1 spiro atoms. The Kier molecular flexibility index (Phi) is 8.23. The molecule has 0 aliphatic heterocycles. The van der Waals surface area contributed by atoms with Gasteiger partial charge in [-0.05, 0) is 149 Å². The van der Waals surface area contributed by atoms with Gasteiger partial charge in [0.15, 0.2) is 0 Å². The molecule has 12 aromatic rings. The summed E-state index contributed by atoms with van der Waals surface area (Å²) in [6.45, 7) is 0. The summed E-state index contributed by atoms with van der Waals surface area (Å²) in [6, 6.07) is 91.5. The second-order valence-electron chi connectivity index (χ2n) is 18.0. The Morgan fingerprint density at radius 1 is 0.269 bits per heavy atom. The van der Waals surface area contributed by atoms with Crippen LogP contribution in [0.15, 0.2) is 253 Å². The first-order valence-electron chi connectivity index (χ1n) is 23.2. The van der Waals surface area contributed by atoms with Crippen LogP contribution in [0, 0.1) is 0 Å². The maximum atomic E-state index is 6.36. The summed E-state index contributed by atoms with van der Waals surface area (Å²) in [6.07, 6.45) is 0. The molecule has 2 heteroatoms. The summed E-state index contributed by atoms with van der Waals surface area (Å²) in [7, 11) is 0. The minimum Gasteiger partial charge on any atom is -0.456 e. The van der Waals surface area contributed by atoms with Crippen molar-refractivity contribution in [3.8, 4) is 55.6 Å². The third-order valence-electron chi connectivity index (χ3n) is 14.5. The fourth-order valence-corrected chi connectivity index (χ4v) is 11.5. The lowest BCUT2D eigenvalue weighted by Crippen LogP contribution is -2.26. The second kappa shape index (κ2) is 14.7. The second-order valence-corrected chi connectivity index (χ2v) is 18.0. The Morgan fingerprint density at radius 3 is 1.60 bits per heavy atom. The molecule has 11 aromatic carbocycles. The van der Waals surface area contributed by atoms with E-state index in [9.17, 15) is 0 Å². The first-order valence-corrected chi connectivity index (χ1v) is 23.2.